The third-order valence-corrected chi connectivity index (χ3v) is 3.53. The van der Waals surface area contributed by atoms with Gasteiger partial charge in [0.2, 0.25) is 4.96 Å². The molecular formula is C12H9ClN4OS. The van der Waals surface area contributed by atoms with E-state index in [0.717, 1.165) is 0 Å². The maximum absolute atomic E-state index is 12.3. The summed E-state index contributed by atoms with van der Waals surface area (Å²) in [6.07, 6.45) is 0. The Hall–Kier alpha value is -1.92. The van der Waals surface area contributed by atoms with Gasteiger partial charge in [-0.05, 0) is 25.1 Å². The van der Waals surface area contributed by atoms with E-state index in [-0.39, 0.29) is 5.91 Å². The molecule has 0 spiro atoms. The van der Waals surface area contributed by atoms with Crippen molar-refractivity contribution in [1.82, 2.24) is 14.6 Å². The first-order valence-corrected chi connectivity index (χ1v) is 6.76. The molecule has 0 saturated heterocycles. The third-order valence-electron chi connectivity index (χ3n) is 2.62. The molecule has 0 saturated carbocycles. The number of anilines is 1. The van der Waals surface area contributed by atoms with Crippen LogP contribution in [0.4, 0.5) is 5.69 Å². The van der Waals surface area contributed by atoms with Crippen LogP contribution in [0, 0.1) is 6.92 Å². The van der Waals surface area contributed by atoms with Crippen LogP contribution in [0.1, 0.15) is 16.2 Å². The van der Waals surface area contributed by atoms with Crippen LogP contribution in [0.3, 0.4) is 0 Å². The van der Waals surface area contributed by atoms with Crippen LogP contribution in [0.5, 0.6) is 0 Å². The van der Waals surface area contributed by atoms with Crippen molar-refractivity contribution in [2.45, 2.75) is 6.92 Å². The van der Waals surface area contributed by atoms with Crippen LogP contribution >= 0.6 is 22.9 Å². The maximum Gasteiger partial charge on any atom is 0.276 e. The second kappa shape index (κ2) is 4.64. The van der Waals surface area contributed by atoms with Crippen LogP contribution in [0.25, 0.3) is 4.96 Å². The number of imidazole rings is 1. The molecular weight excluding hydrogens is 284 g/mol. The number of fused-ring (bicyclic) bond motifs is 1. The summed E-state index contributed by atoms with van der Waals surface area (Å²) in [7, 11) is 0. The van der Waals surface area contributed by atoms with Crippen LogP contribution in [0.15, 0.2) is 29.8 Å². The van der Waals surface area contributed by atoms with E-state index < -0.39 is 0 Å². The summed E-state index contributed by atoms with van der Waals surface area (Å²) in [6, 6.07) is 6.99. The Bertz CT molecular complexity index is 764. The fourth-order valence-corrected chi connectivity index (χ4v) is 2.66. The number of carbonyl (C=O) groups is 1. The lowest BCUT2D eigenvalue weighted by Gasteiger charge is -2.04. The summed E-state index contributed by atoms with van der Waals surface area (Å²) in [5.41, 5.74) is 3.38. The van der Waals surface area contributed by atoms with Gasteiger partial charge in [-0.3, -0.25) is 4.79 Å². The van der Waals surface area contributed by atoms with Crippen LogP contribution in [0.2, 0.25) is 5.02 Å². The smallest absolute Gasteiger partial charge is 0.276 e. The molecule has 2 heterocycles. The first-order valence-electron chi connectivity index (χ1n) is 5.51. The molecule has 0 atom stereocenters. The first-order chi connectivity index (χ1) is 9.15. The van der Waals surface area contributed by atoms with Crippen molar-refractivity contribution < 1.29 is 4.79 Å². The van der Waals surface area contributed by atoms with Gasteiger partial charge in [-0.1, -0.05) is 29.0 Å². The average molecular weight is 293 g/mol. The van der Waals surface area contributed by atoms with Gasteiger partial charge in [0, 0.05) is 10.7 Å². The van der Waals surface area contributed by atoms with Crippen molar-refractivity contribution in [3.05, 3.63) is 46.2 Å². The van der Waals surface area contributed by atoms with Crippen molar-refractivity contribution in [3.8, 4) is 0 Å². The fraction of sp³-hybridized carbons (Fsp3) is 0.0833. The van der Waals surface area contributed by atoms with E-state index in [1.807, 2.05) is 0 Å². The lowest BCUT2D eigenvalue weighted by molar-refractivity contribution is 0.102. The van der Waals surface area contributed by atoms with Gasteiger partial charge in [-0.25, -0.2) is 4.98 Å². The Morgan fingerprint density at radius 3 is 3.11 bits per heavy atom. The normalized spacial score (nSPS) is 10.8. The van der Waals surface area contributed by atoms with E-state index in [9.17, 15) is 4.79 Å². The molecule has 3 rings (SSSR count). The predicted octanol–water partition coefficient (Wildman–Crippen LogP) is 3.00. The lowest BCUT2D eigenvalue weighted by Crippen LogP contribution is -2.15. The monoisotopic (exact) mass is 292 g/mol. The zero-order valence-electron chi connectivity index (χ0n) is 9.92. The summed E-state index contributed by atoms with van der Waals surface area (Å²) in [6.45, 7) is 1.79. The number of benzene rings is 1. The number of carbonyl (C=O) groups excluding carboxylic acids is 1. The minimum absolute atomic E-state index is 0.252. The molecule has 0 bridgehead atoms. The number of nitrogens with zero attached hydrogens (tertiary/aromatic N) is 3. The summed E-state index contributed by atoms with van der Waals surface area (Å²) in [5, 5.41) is 7.46. The van der Waals surface area contributed by atoms with Gasteiger partial charge in [-0.15, -0.1) is 0 Å². The molecule has 0 aliphatic carbocycles. The minimum atomic E-state index is -0.252. The minimum Gasteiger partial charge on any atom is -0.321 e. The SMILES string of the molecule is Cc1nc2scnn2c1C(=O)Nc1cccc(Cl)c1. The standard InChI is InChI=1S/C12H9ClN4OS/c1-7-10(17-12(15-7)19-6-14-17)11(18)16-9-4-2-3-8(13)5-9/h2-6H,1H3,(H,16,18). The fourth-order valence-electron chi connectivity index (χ4n) is 1.81. The van der Waals surface area contributed by atoms with Gasteiger partial charge in [0.15, 0.2) is 5.69 Å². The molecule has 1 aromatic carbocycles. The van der Waals surface area contributed by atoms with Gasteiger partial charge in [-0.2, -0.15) is 9.61 Å². The molecule has 7 heteroatoms. The molecule has 2 aromatic heterocycles. The predicted molar refractivity (Wildman–Crippen MR) is 75.0 cm³/mol. The van der Waals surface area contributed by atoms with E-state index in [1.165, 1.54) is 11.3 Å². The number of hydrogen-bond donors (Lipinski definition) is 1. The van der Waals surface area contributed by atoms with Gasteiger partial charge < -0.3 is 5.32 Å². The molecule has 0 fully saturated rings. The van der Waals surface area contributed by atoms with Gasteiger partial charge in [0.05, 0.1) is 5.69 Å². The van der Waals surface area contributed by atoms with Crippen LogP contribution < -0.4 is 5.32 Å². The Kier molecular flexibility index (Phi) is 2.96. The summed E-state index contributed by atoms with van der Waals surface area (Å²) in [5.74, 6) is -0.252. The van der Waals surface area contributed by atoms with Gasteiger partial charge in [0.1, 0.15) is 5.51 Å². The summed E-state index contributed by atoms with van der Waals surface area (Å²) < 4.78 is 1.54. The summed E-state index contributed by atoms with van der Waals surface area (Å²) in [4.78, 5) is 17.3. The molecule has 0 unspecified atom stereocenters. The number of amides is 1. The van der Waals surface area contributed by atoms with E-state index in [4.69, 9.17) is 11.6 Å². The highest BCUT2D eigenvalue weighted by molar-refractivity contribution is 7.14. The first kappa shape index (κ1) is 12.1. The van der Waals surface area contributed by atoms with Crippen molar-refractivity contribution in [1.29, 1.82) is 0 Å². The number of rotatable bonds is 2. The number of aromatic nitrogens is 3. The molecule has 0 radical (unpaired) electrons. The van der Waals surface area contributed by atoms with Crippen molar-refractivity contribution in [2.75, 3.05) is 5.32 Å². The highest BCUT2D eigenvalue weighted by atomic mass is 35.5. The molecule has 5 nitrogen and oxygen atoms in total. The molecule has 0 aliphatic rings. The topological polar surface area (TPSA) is 59.3 Å². The Morgan fingerprint density at radius 1 is 1.47 bits per heavy atom. The Balaban J connectivity index is 1.96. The highest BCUT2D eigenvalue weighted by Crippen LogP contribution is 2.18. The molecule has 0 aliphatic heterocycles. The van der Waals surface area contributed by atoms with E-state index >= 15 is 0 Å². The number of nitrogens with one attached hydrogen (secondary N) is 1. The second-order valence-corrected chi connectivity index (χ2v) is 5.19. The molecule has 96 valence electrons. The Morgan fingerprint density at radius 2 is 2.32 bits per heavy atom. The highest BCUT2D eigenvalue weighted by Gasteiger charge is 2.18. The van der Waals surface area contributed by atoms with Gasteiger partial charge >= 0.3 is 0 Å². The number of hydrogen-bond acceptors (Lipinski definition) is 4. The zero-order valence-corrected chi connectivity index (χ0v) is 11.5. The van der Waals surface area contributed by atoms with E-state index in [2.05, 4.69) is 15.4 Å². The summed E-state index contributed by atoms with van der Waals surface area (Å²) >= 11 is 7.27. The van der Waals surface area contributed by atoms with Crippen LogP contribution in [-0.4, -0.2) is 20.5 Å². The second-order valence-electron chi connectivity index (χ2n) is 3.94. The molecule has 1 amide bonds. The Labute approximate surface area is 117 Å². The molecule has 1 N–H and O–H groups in total. The van der Waals surface area contributed by atoms with Crippen molar-refractivity contribution in [2.24, 2.45) is 0 Å². The number of halogens is 1. The number of aryl methyl sites for hydroxylation is 1. The lowest BCUT2D eigenvalue weighted by atomic mass is 10.3. The average Bonchev–Trinajstić information content (AvgIpc) is 2.88. The largest absolute Gasteiger partial charge is 0.321 e. The maximum atomic E-state index is 12.3. The third kappa shape index (κ3) is 2.20. The quantitative estimate of drug-likeness (QED) is 0.790. The van der Waals surface area contributed by atoms with E-state index in [0.29, 0.717) is 27.1 Å². The molecule has 19 heavy (non-hydrogen) atoms. The van der Waals surface area contributed by atoms with Crippen molar-refractivity contribution in [3.63, 3.8) is 0 Å². The zero-order chi connectivity index (χ0) is 13.4. The van der Waals surface area contributed by atoms with Crippen LogP contribution in [-0.2, 0) is 0 Å². The van der Waals surface area contributed by atoms with Crippen molar-refractivity contribution >= 4 is 39.5 Å². The molecule has 3 aromatic rings. The van der Waals surface area contributed by atoms with E-state index in [1.54, 1.807) is 41.2 Å². The van der Waals surface area contributed by atoms with Gasteiger partial charge in [0.25, 0.3) is 5.91 Å².